The van der Waals surface area contributed by atoms with Gasteiger partial charge in [-0.15, -0.1) is 11.8 Å². The average Bonchev–Trinajstić information content (AvgIpc) is 3.21. The number of aryl methyl sites for hydroxylation is 2. The topological polar surface area (TPSA) is 52.7 Å². The summed E-state index contributed by atoms with van der Waals surface area (Å²) in [7, 11) is 0. The molecule has 3 aromatic carbocycles. The molecule has 5 rings (SSSR count). The van der Waals surface area contributed by atoms with Gasteiger partial charge in [0, 0.05) is 22.5 Å². The molecule has 7 heteroatoms. The Kier molecular flexibility index (Phi) is 5.63. The Bertz CT molecular complexity index is 1320. The summed E-state index contributed by atoms with van der Waals surface area (Å²) in [6.45, 7) is 8.79. The Balaban J connectivity index is 1.58. The molecular weight excluding hydrogens is 461 g/mol. The molecule has 35 heavy (non-hydrogen) atoms. The molecule has 3 aromatic rings. The Labute approximate surface area is 209 Å². The summed E-state index contributed by atoms with van der Waals surface area (Å²) in [5, 5.41) is 3.01. The van der Waals surface area contributed by atoms with Gasteiger partial charge in [0.1, 0.15) is 5.82 Å². The van der Waals surface area contributed by atoms with Crippen molar-refractivity contribution in [1.82, 2.24) is 4.90 Å². The van der Waals surface area contributed by atoms with Crippen LogP contribution < -0.4 is 10.2 Å². The second kappa shape index (κ2) is 8.41. The molecule has 0 saturated carbocycles. The molecule has 2 aliphatic rings. The van der Waals surface area contributed by atoms with Gasteiger partial charge in [0.05, 0.1) is 12.2 Å². The van der Waals surface area contributed by atoms with E-state index in [4.69, 9.17) is 0 Å². The number of carbonyl (C=O) groups excluding carboxylic acids is 2. The Morgan fingerprint density at radius 3 is 2.46 bits per heavy atom. The van der Waals surface area contributed by atoms with Crippen LogP contribution in [0.15, 0.2) is 66.7 Å². The number of hydrogen-bond donors (Lipinski definition) is 1. The third-order valence-electron chi connectivity index (χ3n) is 6.45. The van der Waals surface area contributed by atoms with Crippen molar-refractivity contribution in [2.45, 2.75) is 43.9 Å². The lowest BCUT2D eigenvalue weighted by atomic mass is 10.0. The van der Waals surface area contributed by atoms with Crippen molar-refractivity contribution >= 4 is 35.1 Å². The number of hydrogen-bond acceptors (Lipinski definition) is 3. The van der Waals surface area contributed by atoms with Crippen LogP contribution in [0.25, 0.3) is 0 Å². The first-order valence-electron chi connectivity index (χ1n) is 11.6. The van der Waals surface area contributed by atoms with E-state index in [9.17, 15) is 14.0 Å². The van der Waals surface area contributed by atoms with Gasteiger partial charge in [-0.3, -0.25) is 9.69 Å². The minimum Gasteiger partial charge on any atom is -0.308 e. The van der Waals surface area contributed by atoms with Crippen LogP contribution >= 0.6 is 11.8 Å². The van der Waals surface area contributed by atoms with Gasteiger partial charge in [-0.25, -0.2) is 9.18 Å². The summed E-state index contributed by atoms with van der Waals surface area (Å²) in [5.74, 6) is -0.474. The number of carbonyl (C=O) groups is 2. The van der Waals surface area contributed by atoms with Crippen LogP contribution in [0.5, 0.6) is 0 Å². The fourth-order valence-electron chi connectivity index (χ4n) is 4.96. The largest absolute Gasteiger partial charge is 0.323 e. The highest BCUT2D eigenvalue weighted by Crippen LogP contribution is 2.60. The molecule has 2 aliphatic heterocycles. The molecule has 180 valence electrons. The van der Waals surface area contributed by atoms with Gasteiger partial charge in [-0.1, -0.05) is 42.0 Å². The van der Waals surface area contributed by atoms with Crippen LogP contribution in [0.3, 0.4) is 0 Å². The van der Waals surface area contributed by atoms with Crippen LogP contribution in [0, 0.1) is 19.7 Å². The van der Waals surface area contributed by atoms with Crippen molar-refractivity contribution in [3.8, 4) is 0 Å². The Hall–Kier alpha value is -3.32. The van der Waals surface area contributed by atoms with Gasteiger partial charge >= 0.3 is 6.03 Å². The fourth-order valence-corrected chi connectivity index (χ4v) is 6.68. The molecule has 0 aromatic heterocycles. The molecule has 0 aliphatic carbocycles. The molecule has 1 saturated heterocycles. The number of benzene rings is 3. The first-order chi connectivity index (χ1) is 16.6. The lowest BCUT2D eigenvalue weighted by molar-refractivity contribution is -0.123. The van der Waals surface area contributed by atoms with Crippen molar-refractivity contribution in [2.75, 3.05) is 16.8 Å². The molecule has 0 unspecified atom stereocenters. The summed E-state index contributed by atoms with van der Waals surface area (Å²) in [5.41, 5.74) is 5.17. The zero-order chi connectivity index (χ0) is 25.0. The number of thioether (sulfide) groups is 1. The number of anilines is 2. The van der Waals surface area contributed by atoms with E-state index >= 15 is 0 Å². The Morgan fingerprint density at radius 1 is 1.03 bits per heavy atom. The number of urea groups is 1. The number of fused-ring (bicyclic) bond motifs is 2. The molecule has 1 atom stereocenters. The highest BCUT2D eigenvalue weighted by Gasteiger charge is 2.63. The summed E-state index contributed by atoms with van der Waals surface area (Å²) < 4.78 is 13.2. The number of nitrogens with one attached hydrogen (secondary N) is 1. The third-order valence-corrected chi connectivity index (χ3v) is 8.05. The van der Waals surface area contributed by atoms with Crippen molar-refractivity contribution in [1.29, 1.82) is 0 Å². The van der Waals surface area contributed by atoms with E-state index in [0.717, 1.165) is 27.9 Å². The zero-order valence-corrected chi connectivity index (χ0v) is 21.1. The van der Waals surface area contributed by atoms with Crippen molar-refractivity contribution in [2.24, 2.45) is 0 Å². The van der Waals surface area contributed by atoms with Crippen molar-refractivity contribution < 1.29 is 14.0 Å². The number of nitrogens with zero attached hydrogens (tertiary/aromatic N) is 2. The van der Waals surface area contributed by atoms with Crippen LogP contribution in [-0.2, 0) is 16.2 Å². The van der Waals surface area contributed by atoms with E-state index in [-0.39, 0.29) is 22.5 Å². The maximum atomic E-state index is 14.3. The first kappa shape index (κ1) is 23.4. The average molecular weight is 490 g/mol. The lowest BCUT2D eigenvalue weighted by Gasteiger charge is -2.33. The molecule has 2 heterocycles. The SMILES string of the molecule is Cc1cccc(NC(=O)N2CC(C)(C)S[C@]23C(=O)N(Cc2ccc(F)cc2)c2ccc(C)cc23)c1. The second-order valence-corrected chi connectivity index (χ2v) is 11.8. The molecule has 0 radical (unpaired) electrons. The van der Waals surface area contributed by atoms with E-state index < -0.39 is 4.87 Å². The first-order valence-corrected chi connectivity index (χ1v) is 12.4. The van der Waals surface area contributed by atoms with Gasteiger partial charge in [0.25, 0.3) is 5.91 Å². The number of rotatable bonds is 3. The van der Waals surface area contributed by atoms with E-state index in [2.05, 4.69) is 19.2 Å². The summed E-state index contributed by atoms with van der Waals surface area (Å²) in [4.78, 5) is 30.2. The number of halogens is 1. The van der Waals surface area contributed by atoms with Crippen molar-refractivity contribution in [3.63, 3.8) is 0 Å². The lowest BCUT2D eigenvalue weighted by Crippen LogP contribution is -2.51. The predicted octanol–water partition coefficient (Wildman–Crippen LogP) is 6.20. The maximum absolute atomic E-state index is 14.3. The predicted molar refractivity (Wildman–Crippen MR) is 139 cm³/mol. The van der Waals surface area contributed by atoms with Gasteiger partial charge in [0.2, 0.25) is 0 Å². The van der Waals surface area contributed by atoms with E-state index in [1.54, 1.807) is 21.9 Å². The fraction of sp³-hybridized carbons (Fsp3) is 0.286. The zero-order valence-electron chi connectivity index (χ0n) is 20.3. The molecule has 1 spiro atoms. The molecular formula is C28H28FN3O2S. The monoisotopic (exact) mass is 489 g/mol. The van der Waals surface area contributed by atoms with Gasteiger partial charge in [-0.05, 0) is 69.2 Å². The quantitative estimate of drug-likeness (QED) is 0.477. The summed E-state index contributed by atoms with van der Waals surface area (Å²) >= 11 is 1.52. The van der Waals surface area contributed by atoms with Crippen LogP contribution in [0.1, 0.15) is 36.1 Å². The summed E-state index contributed by atoms with van der Waals surface area (Å²) in [6, 6.07) is 19.4. The molecule has 3 amide bonds. The van der Waals surface area contributed by atoms with Gasteiger partial charge in [-0.2, -0.15) is 0 Å². The number of amides is 3. The van der Waals surface area contributed by atoms with Crippen molar-refractivity contribution in [3.05, 3.63) is 94.8 Å². The van der Waals surface area contributed by atoms with E-state index in [0.29, 0.717) is 18.8 Å². The highest BCUT2D eigenvalue weighted by atomic mass is 32.2. The maximum Gasteiger partial charge on any atom is 0.323 e. The molecule has 5 nitrogen and oxygen atoms in total. The third kappa shape index (κ3) is 4.08. The normalized spacial score (nSPS) is 20.4. The van der Waals surface area contributed by atoms with E-state index in [1.807, 2.05) is 56.3 Å². The Morgan fingerprint density at radius 2 is 1.74 bits per heavy atom. The van der Waals surface area contributed by atoms with Crippen LogP contribution in [-0.4, -0.2) is 28.1 Å². The minimum atomic E-state index is -1.18. The molecule has 1 fully saturated rings. The van der Waals surface area contributed by atoms with Crippen LogP contribution in [0.4, 0.5) is 20.6 Å². The highest BCUT2D eigenvalue weighted by molar-refractivity contribution is 8.02. The van der Waals surface area contributed by atoms with E-state index in [1.165, 1.54) is 23.9 Å². The minimum absolute atomic E-state index is 0.155. The molecule has 0 bridgehead atoms. The summed E-state index contributed by atoms with van der Waals surface area (Å²) in [6.07, 6.45) is 0. The second-order valence-electron chi connectivity index (χ2n) is 9.93. The van der Waals surface area contributed by atoms with Crippen LogP contribution in [0.2, 0.25) is 0 Å². The van der Waals surface area contributed by atoms with Gasteiger partial charge in [0.15, 0.2) is 4.87 Å². The molecule has 1 N–H and O–H groups in total. The van der Waals surface area contributed by atoms with Gasteiger partial charge < -0.3 is 10.2 Å². The smallest absolute Gasteiger partial charge is 0.308 e. The standard InChI is InChI=1S/C28H28FN3O2S/c1-18-6-5-7-22(14-18)30-26(34)32-17-27(3,4)35-28(32)23-15-19(2)8-13-24(23)31(25(28)33)16-20-9-11-21(29)12-10-20/h5-15H,16-17H2,1-4H3,(H,30,34)/t28-/m1/s1.